The Balaban J connectivity index is 1.52. The van der Waals surface area contributed by atoms with Crippen molar-refractivity contribution >= 4 is 23.7 Å². The van der Waals surface area contributed by atoms with Crippen LogP contribution >= 0.6 is 0 Å². The summed E-state index contributed by atoms with van der Waals surface area (Å²) in [5.74, 6) is -9.88. The van der Waals surface area contributed by atoms with Gasteiger partial charge >= 0.3 is 5.97 Å². The number of pyridine rings is 1. The Morgan fingerprint density at radius 1 is 1.18 bits per heavy atom. The zero-order valence-electron chi connectivity index (χ0n) is 23.9. The van der Waals surface area contributed by atoms with Crippen LogP contribution in [-0.2, 0) is 27.4 Å². The van der Waals surface area contributed by atoms with Crippen LogP contribution in [-0.4, -0.2) is 75.4 Å². The molecule has 1 aromatic carbocycles. The molecule has 2 saturated heterocycles. The van der Waals surface area contributed by atoms with Crippen LogP contribution in [0.5, 0.6) is 5.75 Å². The smallest absolute Gasteiger partial charge is 0.334 e. The first-order valence-corrected chi connectivity index (χ1v) is 14.1. The van der Waals surface area contributed by atoms with Crippen LogP contribution in [0.15, 0.2) is 29.2 Å². The van der Waals surface area contributed by atoms with E-state index < -0.39 is 95.5 Å². The number of rotatable bonds is 7. The van der Waals surface area contributed by atoms with Gasteiger partial charge < -0.3 is 29.2 Å². The second kappa shape index (κ2) is 12.0. The van der Waals surface area contributed by atoms with Gasteiger partial charge in [0.2, 0.25) is 17.1 Å². The minimum absolute atomic E-state index is 0.0638. The lowest BCUT2D eigenvalue weighted by Crippen LogP contribution is -2.57. The third-order valence-electron chi connectivity index (χ3n) is 7.89. The molecule has 15 heteroatoms. The number of halogens is 4. The van der Waals surface area contributed by atoms with Gasteiger partial charge in [0, 0.05) is 43.3 Å². The molecule has 0 bridgehead atoms. The molecule has 3 atom stereocenters. The maximum Gasteiger partial charge on any atom is 0.334 e. The number of nitrogens with zero attached hydrogens (tertiary/aromatic N) is 3. The zero-order chi connectivity index (χ0) is 31.9. The number of fused-ring (bicyclic) bond motifs is 2. The number of hydrogen-bond donors (Lipinski definition) is 1. The molecular weight excluding hydrogens is 592 g/mol. The fourth-order valence-electron chi connectivity index (χ4n) is 5.65. The Morgan fingerprint density at radius 3 is 2.64 bits per heavy atom. The molecule has 236 valence electrons. The maximum atomic E-state index is 14.4. The quantitative estimate of drug-likeness (QED) is 0.372. The van der Waals surface area contributed by atoms with E-state index in [1.807, 2.05) is 0 Å². The van der Waals surface area contributed by atoms with E-state index in [-0.39, 0.29) is 24.6 Å². The highest BCUT2D eigenvalue weighted by atomic mass is 19.3. The standard InChI is InChI=1S/C29H30F4N4O7/c1-3-4-21(38)36-14-29(32,33)10-20(36)28(42)44-25-23-27(41)37-15(2)7-8-43-22(37)13-35(23)12-18(24(25)39)26(40)34-11-16-5-6-17(30)9-19(16)31/h5-6,9,12,15,20,22H,3-4,7-8,10-11,13-14H2,1-2H3,(H,34,40)/t15-,20+,22+/m1/s1. The highest BCUT2D eigenvalue weighted by Gasteiger charge is 2.51. The molecule has 1 N–H and O–H groups in total. The first-order chi connectivity index (χ1) is 20.8. The van der Waals surface area contributed by atoms with Crippen molar-refractivity contribution < 1.29 is 46.2 Å². The molecular formula is C29H30F4N4O7. The molecule has 5 rings (SSSR count). The molecule has 2 aromatic rings. The van der Waals surface area contributed by atoms with Gasteiger partial charge in [-0.15, -0.1) is 0 Å². The van der Waals surface area contributed by atoms with Gasteiger partial charge in [-0.1, -0.05) is 13.0 Å². The highest BCUT2D eigenvalue weighted by Crippen LogP contribution is 2.35. The molecule has 4 heterocycles. The Kier molecular flexibility index (Phi) is 8.51. The average molecular weight is 623 g/mol. The van der Waals surface area contributed by atoms with E-state index in [1.165, 1.54) is 9.47 Å². The third kappa shape index (κ3) is 5.92. The molecule has 0 unspecified atom stereocenters. The lowest BCUT2D eigenvalue weighted by Gasteiger charge is -2.44. The third-order valence-corrected chi connectivity index (χ3v) is 7.89. The van der Waals surface area contributed by atoms with Gasteiger partial charge in [0.15, 0.2) is 11.9 Å². The Morgan fingerprint density at radius 2 is 1.93 bits per heavy atom. The molecule has 2 fully saturated rings. The fourth-order valence-corrected chi connectivity index (χ4v) is 5.65. The maximum absolute atomic E-state index is 14.4. The van der Waals surface area contributed by atoms with E-state index >= 15 is 0 Å². The normalized spacial score (nSPS) is 22.3. The van der Waals surface area contributed by atoms with Crippen LogP contribution in [0.25, 0.3) is 0 Å². The van der Waals surface area contributed by atoms with Gasteiger partial charge in [-0.2, -0.15) is 0 Å². The van der Waals surface area contributed by atoms with Crippen molar-refractivity contribution in [3.05, 3.63) is 63.1 Å². The largest absolute Gasteiger partial charge is 0.418 e. The first-order valence-electron chi connectivity index (χ1n) is 14.1. The van der Waals surface area contributed by atoms with E-state index in [0.717, 1.165) is 18.3 Å². The van der Waals surface area contributed by atoms with Gasteiger partial charge in [0.25, 0.3) is 17.7 Å². The summed E-state index contributed by atoms with van der Waals surface area (Å²) in [6, 6.07) is 0.649. The Labute approximate surface area is 248 Å². The van der Waals surface area contributed by atoms with Gasteiger partial charge in [-0.25, -0.2) is 22.4 Å². The molecule has 44 heavy (non-hydrogen) atoms. The summed E-state index contributed by atoms with van der Waals surface area (Å²) in [7, 11) is 0. The molecule has 0 radical (unpaired) electrons. The Bertz CT molecular complexity index is 1580. The van der Waals surface area contributed by atoms with Gasteiger partial charge in [-0.3, -0.25) is 19.2 Å². The van der Waals surface area contributed by atoms with Crippen LogP contribution in [0.3, 0.4) is 0 Å². The van der Waals surface area contributed by atoms with E-state index in [1.54, 1.807) is 13.8 Å². The van der Waals surface area contributed by atoms with E-state index in [9.17, 15) is 41.5 Å². The molecule has 3 aliphatic heterocycles. The van der Waals surface area contributed by atoms with Crippen molar-refractivity contribution in [2.24, 2.45) is 0 Å². The lowest BCUT2D eigenvalue weighted by molar-refractivity contribution is -0.146. The number of amides is 3. The Hall–Kier alpha value is -4.27. The van der Waals surface area contributed by atoms with Crippen molar-refractivity contribution in [2.75, 3.05) is 13.2 Å². The van der Waals surface area contributed by atoms with Crippen LogP contribution in [0.1, 0.15) is 65.9 Å². The number of carbonyl (C=O) groups excluding carboxylic acids is 4. The van der Waals surface area contributed by atoms with Crippen LogP contribution in [0.4, 0.5) is 17.6 Å². The first kappa shape index (κ1) is 31.2. The zero-order valence-corrected chi connectivity index (χ0v) is 23.9. The number of likely N-dealkylation sites (tertiary alicyclic amines) is 1. The number of carbonyl (C=O) groups is 4. The fraction of sp³-hybridized carbons (Fsp3) is 0.483. The highest BCUT2D eigenvalue weighted by molar-refractivity contribution is 6.00. The minimum atomic E-state index is -3.40. The summed E-state index contributed by atoms with van der Waals surface area (Å²) in [5, 5.41) is 2.35. The van der Waals surface area contributed by atoms with Crippen molar-refractivity contribution in [3.8, 4) is 5.75 Å². The van der Waals surface area contributed by atoms with Crippen LogP contribution in [0.2, 0.25) is 0 Å². The SMILES string of the molecule is CCCC(=O)N1CC(F)(F)C[C@H]1C(=O)Oc1c2n(cc(C(=O)NCc3ccc(F)cc3F)c1=O)C[C@@H]1OCC[C@@H](C)N1C2=O. The second-order valence-electron chi connectivity index (χ2n) is 11.1. The van der Waals surface area contributed by atoms with E-state index in [2.05, 4.69) is 5.32 Å². The number of nitrogens with one attached hydrogen (secondary N) is 1. The molecule has 11 nitrogen and oxygen atoms in total. The molecule has 0 spiro atoms. The summed E-state index contributed by atoms with van der Waals surface area (Å²) in [6.45, 7) is 2.24. The average Bonchev–Trinajstić information content (AvgIpc) is 3.29. The summed E-state index contributed by atoms with van der Waals surface area (Å²) in [6.07, 6.45) is -0.0411. The second-order valence-corrected chi connectivity index (χ2v) is 11.1. The predicted octanol–water partition coefficient (Wildman–Crippen LogP) is 2.59. The summed E-state index contributed by atoms with van der Waals surface area (Å²) >= 11 is 0. The predicted molar refractivity (Wildman–Crippen MR) is 144 cm³/mol. The summed E-state index contributed by atoms with van der Waals surface area (Å²) in [4.78, 5) is 68.5. The van der Waals surface area contributed by atoms with Crippen LogP contribution < -0.4 is 15.5 Å². The number of benzene rings is 1. The van der Waals surface area contributed by atoms with Crippen molar-refractivity contribution in [1.82, 2.24) is 19.7 Å². The molecule has 0 saturated carbocycles. The lowest BCUT2D eigenvalue weighted by atomic mass is 10.1. The van der Waals surface area contributed by atoms with E-state index in [4.69, 9.17) is 9.47 Å². The summed E-state index contributed by atoms with van der Waals surface area (Å²) in [5.41, 5.74) is -2.27. The number of hydrogen-bond acceptors (Lipinski definition) is 7. The van der Waals surface area contributed by atoms with E-state index in [0.29, 0.717) is 30.4 Å². The molecule has 0 aliphatic carbocycles. The molecule has 3 amide bonds. The number of esters is 1. The van der Waals surface area contributed by atoms with Gasteiger partial charge in [-0.05, 0) is 25.8 Å². The minimum Gasteiger partial charge on any atom is -0.418 e. The van der Waals surface area contributed by atoms with Gasteiger partial charge in [0.1, 0.15) is 23.2 Å². The number of ether oxygens (including phenoxy) is 2. The number of aromatic nitrogens is 1. The van der Waals surface area contributed by atoms with Crippen molar-refractivity contribution in [2.45, 2.75) is 76.9 Å². The monoisotopic (exact) mass is 622 g/mol. The van der Waals surface area contributed by atoms with Gasteiger partial charge in [0.05, 0.1) is 19.7 Å². The van der Waals surface area contributed by atoms with Crippen molar-refractivity contribution in [3.63, 3.8) is 0 Å². The topological polar surface area (TPSA) is 127 Å². The van der Waals surface area contributed by atoms with Crippen LogP contribution in [0, 0.1) is 11.6 Å². The molecule has 1 aromatic heterocycles. The molecule has 3 aliphatic rings. The summed E-state index contributed by atoms with van der Waals surface area (Å²) < 4.78 is 68.5. The van der Waals surface area contributed by atoms with Crippen molar-refractivity contribution in [1.29, 1.82) is 0 Å². The number of alkyl halides is 2.